The molecule has 1 atom stereocenters. The summed E-state index contributed by atoms with van der Waals surface area (Å²) in [5.41, 5.74) is 2.09. The van der Waals surface area contributed by atoms with Crippen molar-refractivity contribution in [2.75, 3.05) is 18.5 Å². The standard InChI is InChI=1S/C23H26N4O2/c1-23(2,18-11-7-4-8-12-18)16-25-22(29)19-13-24-14-21(26-19)27-20(15-28)17-9-5-3-6-10-17/h3-14,20,28H,15-16H2,1-2H3,(H,25,29)(H,26,27)/t20-/m0/s1. The van der Waals surface area contributed by atoms with Crippen LogP contribution in [-0.2, 0) is 5.41 Å². The number of anilines is 1. The molecule has 0 aliphatic rings. The molecule has 0 saturated carbocycles. The van der Waals surface area contributed by atoms with Gasteiger partial charge in [-0.05, 0) is 11.1 Å². The number of carbonyl (C=O) groups is 1. The summed E-state index contributed by atoms with van der Waals surface area (Å²) in [6.07, 6.45) is 2.97. The summed E-state index contributed by atoms with van der Waals surface area (Å²) in [5.74, 6) is 0.147. The maximum atomic E-state index is 12.6. The normalized spacial score (nSPS) is 12.2. The summed E-state index contributed by atoms with van der Waals surface area (Å²) in [4.78, 5) is 21.1. The number of nitrogens with zero attached hydrogens (tertiary/aromatic N) is 2. The molecule has 150 valence electrons. The van der Waals surface area contributed by atoms with Gasteiger partial charge in [0.2, 0.25) is 0 Å². The third-order valence-electron chi connectivity index (χ3n) is 4.82. The first-order valence-corrected chi connectivity index (χ1v) is 9.58. The van der Waals surface area contributed by atoms with Crippen LogP contribution in [0.4, 0.5) is 5.82 Å². The maximum absolute atomic E-state index is 12.6. The van der Waals surface area contributed by atoms with Crippen LogP contribution in [0.2, 0.25) is 0 Å². The first kappa shape index (κ1) is 20.5. The van der Waals surface area contributed by atoms with Gasteiger partial charge in [0.05, 0.1) is 25.0 Å². The van der Waals surface area contributed by atoms with Gasteiger partial charge in [0.1, 0.15) is 11.5 Å². The first-order chi connectivity index (χ1) is 14.0. The largest absolute Gasteiger partial charge is 0.394 e. The quantitative estimate of drug-likeness (QED) is 0.549. The van der Waals surface area contributed by atoms with Crippen molar-refractivity contribution >= 4 is 11.7 Å². The average molecular weight is 390 g/mol. The summed E-state index contributed by atoms with van der Waals surface area (Å²) < 4.78 is 0. The van der Waals surface area contributed by atoms with E-state index in [1.807, 2.05) is 48.5 Å². The van der Waals surface area contributed by atoms with Crippen LogP contribution in [0.1, 0.15) is 41.5 Å². The lowest BCUT2D eigenvalue weighted by Crippen LogP contribution is -2.37. The number of rotatable bonds is 8. The van der Waals surface area contributed by atoms with Crippen LogP contribution in [-0.4, -0.2) is 34.1 Å². The highest BCUT2D eigenvalue weighted by Crippen LogP contribution is 2.22. The van der Waals surface area contributed by atoms with E-state index in [9.17, 15) is 9.90 Å². The second-order valence-corrected chi connectivity index (χ2v) is 7.51. The number of nitrogens with one attached hydrogen (secondary N) is 2. The van der Waals surface area contributed by atoms with E-state index in [0.717, 1.165) is 11.1 Å². The van der Waals surface area contributed by atoms with Gasteiger partial charge < -0.3 is 15.7 Å². The fourth-order valence-corrected chi connectivity index (χ4v) is 3.03. The van der Waals surface area contributed by atoms with E-state index in [0.29, 0.717) is 12.4 Å². The summed E-state index contributed by atoms with van der Waals surface area (Å²) in [6.45, 7) is 4.53. The SMILES string of the molecule is CC(C)(CNC(=O)c1cncc(N[C@@H](CO)c2ccccc2)n1)c1ccccc1. The topological polar surface area (TPSA) is 87.1 Å². The van der Waals surface area contributed by atoms with Gasteiger partial charge in [-0.3, -0.25) is 9.78 Å². The lowest BCUT2D eigenvalue weighted by Gasteiger charge is -2.25. The van der Waals surface area contributed by atoms with Gasteiger partial charge in [-0.2, -0.15) is 0 Å². The van der Waals surface area contributed by atoms with Crippen LogP contribution in [0.5, 0.6) is 0 Å². The molecule has 29 heavy (non-hydrogen) atoms. The smallest absolute Gasteiger partial charge is 0.271 e. The molecule has 0 aliphatic carbocycles. The molecule has 0 aliphatic heterocycles. The Morgan fingerprint density at radius 1 is 1.03 bits per heavy atom. The fourth-order valence-electron chi connectivity index (χ4n) is 3.03. The molecule has 1 heterocycles. The van der Waals surface area contributed by atoms with E-state index in [-0.39, 0.29) is 29.7 Å². The van der Waals surface area contributed by atoms with Crippen LogP contribution < -0.4 is 10.6 Å². The van der Waals surface area contributed by atoms with Gasteiger partial charge in [0.25, 0.3) is 5.91 Å². The Kier molecular flexibility index (Phi) is 6.57. The zero-order chi connectivity index (χ0) is 20.7. The van der Waals surface area contributed by atoms with Gasteiger partial charge in [0.15, 0.2) is 0 Å². The molecule has 0 unspecified atom stereocenters. The van der Waals surface area contributed by atoms with Gasteiger partial charge in [-0.25, -0.2) is 4.98 Å². The minimum Gasteiger partial charge on any atom is -0.394 e. The third-order valence-corrected chi connectivity index (χ3v) is 4.82. The van der Waals surface area contributed by atoms with Gasteiger partial charge in [-0.1, -0.05) is 74.5 Å². The fraction of sp³-hybridized carbons (Fsp3) is 0.261. The lowest BCUT2D eigenvalue weighted by molar-refractivity contribution is 0.0940. The van der Waals surface area contributed by atoms with Crippen LogP contribution in [0, 0.1) is 0 Å². The number of benzene rings is 2. The maximum Gasteiger partial charge on any atom is 0.271 e. The summed E-state index contributed by atoms with van der Waals surface area (Å²) in [7, 11) is 0. The van der Waals surface area contributed by atoms with Crippen molar-refractivity contribution in [1.29, 1.82) is 0 Å². The minimum absolute atomic E-state index is 0.104. The van der Waals surface area contributed by atoms with Crippen molar-refractivity contribution in [3.8, 4) is 0 Å². The van der Waals surface area contributed by atoms with Crippen molar-refractivity contribution in [2.45, 2.75) is 25.3 Å². The van der Waals surface area contributed by atoms with E-state index in [1.165, 1.54) is 12.4 Å². The summed E-state index contributed by atoms with van der Waals surface area (Å²) >= 11 is 0. The van der Waals surface area contributed by atoms with E-state index < -0.39 is 0 Å². The second-order valence-electron chi connectivity index (χ2n) is 7.51. The van der Waals surface area contributed by atoms with Gasteiger partial charge in [0, 0.05) is 12.0 Å². The number of aromatic nitrogens is 2. The van der Waals surface area contributed by atoms with E-state index in [2.05, 4.69) is 46.6 Å². The molecule has 0 radical (unpaired) electrons. The predicted octanol–water partition coefficient (Wildman–Crippen LogP) is 3.33. The second kappa shape index (κ2) is 9.30. The Balaban J connectivity index is 1.66. The van der Waals surface area contributed by atoms with Crippen LogP contribution in [0.25, 0.3) is 0 Å². The molecule has 2 aromatic carbocycles. The van der Waals surface area contributed by atoms with Crippen LogP contribution in [0.3, 0.4) is 0 Å². The van der Waals surface area contributed by atoms with Crippen molar-refractivity contribution in [2.24, 2.45) is 0 Å². The Bertz CT molecular complexity index is 930. The van der Waals surface area contributed by atoms with Gasteiger partial charge >= 0.3 is 0 Å². The lowest BCUT2D eigenvalue weighted by atomic mass is 9.84. The Hall–Kier alpha value is -3.25. The van der Waals surface area contributed by atoms with E-state index >= 15 is 0 Å². The molecule has 0 bridgehead atoms. The van der Waals surface area contributed by atoms with Gasteiger partial charge in [-0.15, -0.1) is 0 Å². The zero-order valence-electron chi connectivity index (χ0n) is 16.7. The van der Waals surface area contributed by atoms with Crippen molar-refractivity contribution < 1.29 is 9.90 Å². The number of carbonyl (C=O) groups excluding carboxylic acids is 1. The molecule has 3 aromatic rings. The molecule has 0 saturated heterocycles. The molecule has 3 N–H and O–H groups in total. The molecule has 6 heteroatoms. The number of amides is 1. The van der Waals surface area contributed by atoms with Crippen molar-refractivity contribution in [3.05, 3.63) is 89.9 Å². The number of aliphatic hydroxyl groups excluding tert-OH is 1. The minimum atomic E-state index is -0.333. The number of aliphatic hydroxyl groups is 1. The highest BCUT2D eigenvalue weighted by molar-refractivity contribution is 5.92. The zero-order valence-corrected chi connectivity index (χ0v) is 16.7. The number of hydrogen-bond donors (Lipinski definition) is 3. The summed E-state index contributed by atoms with van der Waals surface area (Å²) in [6, 6.07) is 19.3. The monoisotopic (exact) mass is 390 g/mol. The predicted molar refractivity (Wildman–Crippen MR) is 114 cm³/mol. The third kappa shape index (κ3) is 5.39. The molecule has 1 amide bonds. The molecular formula is C23H26N4O2. The highest BCUT2D eigenvalue weighted by atomic mass is 16.3. The molecule has 0 fully saturated rings. The van der Waals surface area contributed by atoms with Crippen molar-refractivity contribution in [3.63, 3.8) is 0 Å². The first-order valence-electron chi connectivity index (χ1n) is 9.58. The Morgan fingerprint density at radius 2 is 1.69 bits per heavy atom. The molecule has 1 aromatic heterocycles. The Morgan fingerprint density at radius 3 is 2.34 bits per heavy atom. The molecule has 3 rings (SSSR count). The molecule has 6 nitrogen and oxygen atoms in total. The average Bonchev–Trinajstić information content (AvgIpc) is 2.77. The van der Waals surface area contributed by atoms with Crippen LogP contribution in [0.15, 0.2) is 73.1 Å². The van der Waals surface area contributed by atoms with Crippen molar-refractivity contribution in [1.82, 2.24) is 15.3 Å². The molecule has 0 spiro atoms. The van der Waals surface area contributed by atoms with Crippen LogP contribution >= 0.6 is 0 Å². The highest BCUT2D eigenvalue weighted by Gasteiger charge is 2.22. The number of hydrogen-bond acceptors (Lipinski definition) is 5. The van der Waals surface area contributed by atoms with E-state index in [4.69, 9.17) is 0 Å². The summed E-state index contributed by atoms with van der Waals surface area (Å²) in [5, 5.41) is 15.8. The molecular weight excluding hydrogens is 364 g/mol. The van der Waals surface area contributed by atoms with E-state index in [1.54, 1.807) is 0 Å². The Labute approximate surface area is 171 Å².